The summed E-state index contributed by atoms with van der Waals surface area (Å²) in [4.78, 5) is 7.64. The molecule has 3 rings (SSSR count). The molecule has 1 aromatic heterocycles. The van der Waals surface area contributed by atoms with Crippen molar-refractivity contribution in [1.29, 1.82) is 0 Å². The molecule has 5 heteroatoms. The molecule has 0 aliphatic heterocycles. The maximum absolute atomic E-state index is 6.14. The SMILES string of the molecule is Clc1cc2nc(-c3ccccc3Cl)[nH]c2cc1Cl. The Bertz CT molecular complexity index is 695. The molecule has 2 nitrogen and oxygen atoms in total. The number of benzene rings is 2. The van der Waals surface area contributed by atoms with E-state index in [4.69, 9.17) is 34.8 Å². The molecule has 0 saturated carbocycles. The first-order valence-corrected chi connectivity index (χ1v) is 6.38. The van der Waals surface area contributed by atoms with Crippen molar-refractivity contribution in [3.8, 4) is 11.4 Å². The Morgan fingerprint density at radius 1 is 0.889 bits per heavy atom. The highest BCUT2D eigenvalue weighted by atomic mass is 35.5. The monoisotopic (exact) mass is 296 g/mol. The molecule has 1 N–H and O–H groups in total. The van der Waals surface area contributed by atoms with Gasteiger partial charge in [0.05, 0.1) is 26.1 Å². The second kappa shape index (κ2) is 4.47. The molecule has 0 radical (unpaired) electrons. The largest absolute Gasteiger partial charge is 0.338 e. The summed E-state index contributed by atoms with van der Waals surface area (Å²) in [6.45, 7) is 0. The second-order valence-corrected chi connectivity index (χ2v) is 5.07. The van der Waals surface area contributed by atoms with Crippen LogP contribution in [0.1, 0.15) is 0 Å². The molecule has 0 fully saturated rings. The van der Waals surface area contributed by atoms with E-state index >= 15 is 0 Å². The Kier molecular flexibility index (Phi) is 2.94. The number of rotatable bonds is 1. The molecule has 2 aromatic carbocycles. The lowest BCUT2D eigenvalue weighted by Gasteiger charge is -1.98. The van der Waals surface area contributed by atoms with Gasteiger partial charge in [0.1, 0.15) is 5.82 Å². The molecule has 0 bridgehead atoms. The van der Waals surface area contributed by atoms with Crippen molar-refractivity contribution in [3.63, 3.8) is 0 Å². The lowest BCUT2D eigenvalue weighted by molar-refractivity contribution is 1.34. The minimum Gasteiger partial charge on any atom is -0.338 e. The van der Waals surface area contributed by atoms with Crippen LogP contribution in [0.2, 0.25) is 15.1 Å². The molecular weight excluding hydrogens is 291 g/mol. The van der Waals surface area contributed by atoms with Crippen molar-refractivity contribution >= 4 is 45.8 Å². The van der Waals surface area contributed by atoms with E-state index in [1.165, 1.54) is 0 Å². The first kappa shape index (κ1) is 11.8. The van der Waals surface area contributed by atoms with Gasteiger partial charge in [0.2, 0.25) is 0 Å². The first-order valence-electron chi connectivity index (χ1n) is 5.25. The van der Waals surface area contributed by atoms with Gasteiger partial charge < -0.3 is 4.98 Å². The third-order valence-electron chi connectivity index (χ3n) is 2.65. The molecular formula is C13H7Cl3N2. The van der Waals surface area contributed by atoms with Gasteiger partial charge in [-0.25, -0.2) is 4.98 Å². The van der Waals surface area contributed by atoms with Crippen molar-refractivity contribution in [1.82, 2.24) is 9.97 Å². The highest BCUT2D eigenvalue weighted by molar-refractivity contribution is 6.42. The van der Waals surface area contributed by atoms with Crippen LogP contribution >= 0.6 is 34.8 Å². The fraction of sp³-hybridized carbons (Fsp3) is 0. The summed E-state index contributed by atoms with van der Waals surface area (Å²) in [5, 5.41) is 1.63. The number of aromatic amines is 1. The van der Waals surface area contributed by atoms with Crippen molar-refractivity contribution < 1.29 is 0 Å². The Labute approximate surface area is 119 Å². The smallest absolute Gasteiger partial charge is 0.139 e. The van der Waals surface area contributed by atoms with Gasteiger partial charge in [-0.3, -0.25) is 0 Å². The van der Waals surface area contributed by atoms with Gasteiger partial charge in [-0.1, -0.05) is 46.9 Å². The zero-order valence-corrected chi connectivity index (χ0v) is 11.3. The molecule has 0 aliphatic carbocycles. The number of hydrogen-bond donors (Lipinski definition) is 1. The van der Waals surface area contributed by atoms with Crippen LogP contribution in [0.3, 0.4) is 0 Å². The summed E-state index contributed by atoms with van der Waals surface area (Å²) in [5.74, 6) is 0.703. The third kappa shape index (κ3) is 1.97. The predicted octanol–water partition coefficient (Wildman–Crippen LogP) is 5.19. The third-order valence-corrected chi connectivity index (χ3v) is 3.70. The summed E-state index contributed by atoms with van der Waals surface area (Å²) >= 11 is 18.1. The zero-order chi connectivity index (χ0) is 12.7. The van der Waals surface area contributed by atoms with Crippen molar-refractivity contribution in [2.75, 3.05) is 0 Å². The van der Waals surface area contributed by atoms with Gasteiger partial charge in [-0.05, 0) is 24.3 Å². The molecule has 0 atom stereocenters. The maximum atomic E-state index is 6.14. The Balaban J connectivity index is 2.23. The van der Waals surface area contributed by atoms with E-state index in [0.717, 1.165) is 16.6 Å². The minimum absolute atomic E-state index is 0.487. The van der Waals surface area contributed by atoms with Crippen LogP contribution in [-0.4, -0.2) is 9.97 Å². The van der Waals surface area contributed by atoms with Crippen molar-refractivity contribution in [2.45, 2.75) is 0 Å². The lowest BCUT2D eigenvalue weighted by atomic mass is 10.2. The van der Waals surface area contributed by atoms with E-state index in [2.05, 4.69) is 9.97 Å². The van der Waals surface area contributed by atoms with Crippen LogP contribution in [0.15, 0.2) is 36.4 Å². The van der Waals surface area contributed by atoms with Crippen LogP contribution in [0.25, 0.3) is 22.4 Å². The number of nitrogens with one attached hydrogen (secondary N) is 1. The fourth-order valence-corrected chi connectivity index (χ4v) is 2.33. The maximum Gasteiger partial charge on any atom is 0.139 e. The number of fused-ring (bicyclic) bond motifs is 1. The normalized spacial score (nSPS) is 11.1. The summed E-state index contributed by atoms with van der Waals surface area (Å²) < 4.78 is 0. The van der Waals surface area contributed by atoms with Crippen molar-refractivity contribution in [2.24, 2.45) is 0 Å². The summed E-state index contributed by atoms with van der Waals surface area (Å²) in [6.07, 6.45) is 0. The molecule has 18 heavy (non-hydrogen) atoms. The topological polar surface area (TPSA) is 28.7 Å². The van der Waals surface area contributed by atoms with Crippen molar-refractivity contribution in [3.05, 3.63) is 51.5 Å². The molecule has 0 saturated heterocycles. The molecule has 0 unspecified atom stereocenters. The van der Waals surface area contributed by atoms with Gasteiger partial charge in [0, 0.05) is 5.56 Å². The fourth-order valence-electron chi connectivity index (χ4n) is 1.79. The van der Waals surface area contributed by atoms with E-state index in [0.29, 0.717) is 20.9 Å². The molecule has 0 amide bonds. The zero-order valence-electron chi connectivity index (χ0n) is 9.05. The van der Waals surface area contributed by atoms with Gasteiger partial charge in [-0.15, -0.1) is 0 Å². The van der Waals surface area contributed by atoms with E-state index in [1.54, 1.807) is 12.1 Å². The number of H-pyrrole nitrogens is 1. The minimum atomic E-state index is 0.487. The van der Waals surface area contributed by atoms with E-state index < -0.39 is 0 Å². The Morgan fingerprint density at radius 2 is 1.61 bits per heavy atom. The van der Waals surface area contributed by atoms with E-state index in [9.17, 15) is 0 Å². The van der Waals surface area contributed by atoms with Crippen LogP contribution < -0.4 is 0 Å². The molecule has 90 valence electrons. The number of imidazole rings is 1. The summed E-state index contributed by atoms with van der Waals surface area (Å²) in [5.41, 5.74) is 2.45. The Hall–Kier alpha value is -1.22. The van der Waals surface area contributed by atoms with Crippen LogP contribution in [0, 0.1) is 0 Å². The number of halogens is 3. The van der Waals surface area contributed by atoms with Gasteiger partial charge in [-0.2, -0.15) is 0 Å². The van der Waals surface area contributed by atoms with Gasteiger partial charge >= 0.3 is 0 Å². The lowest BCUT2D eigenvalue weighted by Crippen LogP contribution is -1.80. The second-order valence-electron chi connectivity index (χ2n) is 3.85. The number of nitrogens with zero attached hydrogens (tertiary/aromatic N) is 1. The predicted molar refractivity (Wildman–Crippen MR) is 76.6 cm³/mol. The van der Waals surface area contributed by atoms with Crippen LogP contribution in [0.5, 0.6) is 0 Å². The van der Waals surface area contributed by atoms with Gasteiger partial charge in [0.15, 0.2) is 0 Å². The summed E-state index contributed by atoms with van der Waals surface area (Å²) in [6, 6.07) is 11.0. The van der Waals surface area contributed by atoms with Crippen LogP contribution in [-0.2, 0) is 0 Å². The van der Waals surface area contributed by atoms with E-state index in [-0.39, 0.29) is 0 Å². The quantitative estimate of drug-likeness (QED) is 0.658. The Morgan fingerprint density at radius 3 is 2.39 bits per heavy atom. The molecule has 1 heterocycles. The highest BCUT2D eigenvalue weighted by Crippen LogP contribution is 2.30. The average molecular weight is 298 g/mol. The number of aromatic nitrogens is 2. The summed E-state index contributed by atoms with van der Waals surface area (Å²) in [7, 11) is 0. The molecule has 0 aliphatic rings. The van der Waals surface area contributed by atoms with Crippen LogP contribution in [0.4, 0.5) is 0 Å². The molecule has 0 spiro atoms. The standard InChI is InChI=1S/C13H7Cl3N2/c14-8-4-2-1-3-7(8)13-17-11-5-9(15)10(16)6-12(11)18-13/h1-6H,(H,17,18). The van der Waals surface area contributed by atoms with E-state index in [1.807, 2.05) is 24.3 Å². The van der Waals surface area contributed by atoms with Gasteiger partial charge in [0.25, 0.3) is 0 Å². The average Bonchev–Trinajstić information content (AvgIpc) is 2.73. The number of hydrogen-bond acceptors (Lipinski definition) is 1. The molecule has 3 aromatic rings. The highest BCUT2D eigenvalue weighted by Gasteiger charge is 2.10. The first-order chi connectivity index (χ1) is 8.65.